The fourth-order valence-electron chi connectivity index (χ4n) is 3.29. The van der Waals surface area contributed by atoms with Crippen molar-refractivity contribution in [1.82, 2.24) is 15.1 Å². The molecule has 1 N–H and O–H groups in total. The summed E-state index contributed by atoms with van der Waals surface area (Å²) in [5.41, 5.74) is 0. The van der Waals surface area contributed by atoms with E-state index in [4.69, 9.17) is 4.74 Å². The van der Waals surface area contributed by atoms with Gasteiger partial charge in [0.1, 0.15) is 6.10 Å². The van der Waals surface area contributed by atoms with Crippen molar-refractivity contribution in [2.45, 2.75) is 44.9 Å². The fourth-order valence-corrected chi connectivity index (χ4v) is 3.29. The normalized spacial score (nSPS) is 32.0. The van der Waals surface area contributed by atoms with Crippen LogP contribution in [0, 0.1) is 11.8 Å². The molecule has 0 spiro atoms. The van der Waals surface area contributed by atoms with Crippen LogP contribution in [0.15, 0.2) is 0 Å². The zero-order valence-corrected chi connectivity index (χ0v) is 13.0. The number of hydrogen-bond acceptors (Lipinski definition) is 3. The molecule has 3 atom stereocenters. The van der Waals surface area contributed by atoms with Crippen LogP contribution in [0.5, 0.6) is 0 Å². The molecule has 0 aromatic heterocycles. The Kier molecular flexibility index (Phi) is 3.82. The van der Waals surface area contributed by atoms with Crippen molar-refractivity contribution in [2.24, 2.45) is 11.8 Å². The summed E-state index contributed by atoms with van der Waals surface area (Å²) in [6, 6.07) is 0.181. The Morgan fingerprint density at radius 1 is 1.38 bits per heavy atom. The summed E-state index contributed by atoms with van der Waals surface area (Å²) >= 11 is 0. The van der Waals surface area contributed by atoms with Gasteiger partial charge >= 0.3 is 6.03 Å². The Balaban J connectivity index is 1.63. The lowest BCUT2D eigenvalue weighted by Gasteiger charge is -2.23. The molecule has 3 amide bonds. The molecule has 2 heterocycles. The zero-order chi connectivity index (χ0) is 15.1. The van der Waals surface area contributed by atoms with Gasteiger partial charge in [-0.25, -0.2) is 4.79 Å². The third kappa shape index (κ3) is 2.86. The highest BCUT2D eigenvalue weighted by Gasteiger charge is 2.52. The van der Waals surface area contributed by atoms with Crippen molar-refractivity contribution < 1.29 is 14.3 Å². The van der Waals surface area contributed by atoms with E-state index in [2.05, 4.69) is 5.32 Å². The maximum Gasteiger partial charge on any atom is 0.317 e. The van der Waals surface area contributed by atoms with Crippen molar-refractivity contribution in [2.75, 3.05) is 26.7 Å². The second-order valence-electron chi connectivity index (χ2n) is 6.89. The Morgan fingerprint density at radius 3 is 2.71 bits per heavy atom. The van der Waals surface area contributed by atoms with E-state index >= 15 is 0 Å². The molecule has 6 heteroatoms. The first-order valence-corrected chi connectivity index (χ1v) is 7.91. The van der Waals surface area contributed by atoms with Crippen molar-refractivity contribution in [3.63, 3.8) is 0 Å². The predicted molar refractivity (Wildman–Crippen MR) is 77.8 cm³/mol. The first-order valence-electron chi connectivity index (χ1n) is 7.91. The lowest BCUT2D eigenvalue weighted by atomic mass is 10.0. The highest BCUT2D eigenvalue weighted by atomic mass is 16.5. The molecule has 1 saturated carbocycles. The standard InChI is InChI=1S/C15H25N3O3/c1-9(2)16-15(20)18-6-11-12(7-18)17(3)14(19)13(11)21-8-10-4-5-10/h9-13H,4-8H2,1-3H3,(H,16,20)/t11-,12+,13-/m0/s1. The van der Waals surface area contributed by atoms with Gasteiger partial charge in [-0.1, -0.05) is 0 Å². The molecule has 3 aliphatic rings. The number of hydrogen-bond donors (Lipinski definition) is 1. The molecule has 21 heavy (non-hydrogen) atoms. The minimum atomic E-state index is -0.363. The van der Waals surface area contributed by atoms with Gasteiger partial charge in [-0.05, 0) is 32.6 Å². The third-order valence-electron chi connectivity index (χ3n) is 4.72. The van der Waals surface area contributed by atoms with E-state index < -0.39 is 0 Å². The van der Waals surface area contributed by atoms with Crippen LogP contribution >= 0.6 is 0 Å². The molecule has 3 rings (SSSR count). The smallest absolute Gasteiger partial charge is 0.317 e. The van der Waals surface area contributed by atoms with Gasteiger partial charge in [0, 0.05) is 32.1 Å². The quantitative estimate of drug-likeness (QED) is 0.829. The molecule has 3 fully saturated rings. The van der Waals surface area contributed by atoms with Crippen LogP contribution in [0.3, 0.4) is 0 Å². The Morgan fingerprint density at radius 2 is 2.10 bits per heavy atom. The van der Waals surface area contributed by atoms with Gasteiger partial charge in [0.2, 0.25) is 0 Å². The molecule has 0 aromatic rings. The largest absolute Gasteiger partial charge is 0.368 e. The van der Waals surface area contributed by atoms with Crippen LogP contribution < -0.4 is 5.32 Å². The van der Waals surface area contributed by atoms with Crippen molar-refractivity contribution in [3.05, 3.63) is 0 Å². The zero-order valence-electron chi connectivity index (χ0n) is 13.0. The molecule has 1 aliphatic carbocycles. The number of likely N-dealkylation sites (N-methyl/N-ethyl adjacent to an activating group) is 1. The summed E-state index contributed by atoms with van der Waals surface area (Å²) in [5.74, 6) is 0.831. The number of urea groups is 1. The highest BCUT2D eigenvalue weighted by molar-refractivity contribution is 5.85. The van der Waals surface area contributed by atoms with Gasteiger partial charge in [0.15, 0.2) is 0 Å². The number of ether oxygens (including phenoxy) is 1. The van der Waals surface area contributed by atoms with Gasteiger partial charge in [-0.15, -0.1) is 0 Å². The van der Waals surface area contributed by atoms with Crippen LogP contribution in [0.4, 0.5) is 4.79 Å². The fraction of sp³-hybridized carbons (Fsp3) is 0.867. The lowest BCUT2D eigenvalue weighted by Crippen LogP contribution is -2.45. The van der Waals surface area contributed by atoms with E-state index in [0.717, 1.165) is 0 Å². The number of amides is 3. The summed E-state index contributed by atoms with van der Waals surface area (Å²) in [4.78, 5) is 28.0. The van der Waals surface area contributed by atoms with Crippen LogP contribution in [0.25, 0.3) is 0 Å². The first-order chi connectivity index (χ1) is 9.97. The predicted octanol–water partition coefficient (Wildman–Crippen LogP) is 0.672. The summed E-state index contributed by atoms with van der Waals surface area (Å²) < 4.78 is 5.88. The van der Waals surface area contributed by atoms with Gasteiger partial charge in [0.25, 0.3) is 5.91 Å². The average molecular weight is 295 g/mol. The number of nitrogens with one attached hydrogen (secondary N) is 1. The molecular formula is C15H25N3O3. The number of carbonyl (C=O) groups excluding carboxylic acids is 2. The summed E-state index contributed by atoms with van der Waals surface area (Å²) in [5, 5.41) is 2.92. The van der Waals surface area contributed by atoms with Gasteiger partial charge in [-0.3, -0.25) is 4.79 Å². The number of carbonyl (C=O) groups is 2. The van der Waals surface area contributed by atoms with Crippen molar-refractivity contribution in [3.8, 4) is 0 Å². The molecule has 0 unspecified atom stereocenters. The topological polar surface area (TPSA) is 61.9 Å². The Bertz CT molecular complexity index is 436. The van der Waals surface area contributed by atoms with Crippen LogP contribution in [0.1, 0.15) is 26.7 Å². The van der Waals surface area contributed by atoms with E-state index in [-0.39, 0.29) is 36.0 Å². The molecule has 118 valence electrons. The maximum atomic E-state index is 12.3. The monoisotopic (exact) mass is 295 g/mol. The molecule has 2 saturated heterocycles. The van der Waals surface area contributed by atoms with Crippen LogP contribution in [-0.4, -0.2) is 66.7 Å². The second-order valence-corrected chi connectivity index (χ2v) is 6.89. The first kappa shape index (κ1) is 14.6. The van der Waals surface area contributed by atoms with E-state index in [9.17, 15) is 9.59 Å². The van der Waals surface area contributed by atoms with E-state index in [0.29, 0.717) is 25.6 Å². The second kappa shape index (κ2) is 5.48. The molecule has 0 bridgehead atoms. The molecule has 0 aromatic carbocycles. The van der Waals surface area contributed by atoms with E-state index in [1.807, 2.05) is 25.8 Å². The summed E-state index contributed by atoms with van der Waals surface area (Å²) in [7, 11) is 1.82. The van der Waals surface area contributed by atoms with Crippen LogP contribution in [-0.2, 0) is 9.53 Å². The van der Waals surface area contributed by atoms with Gasteiger partial charge in [-0.2, -0.15) is 0 Å². The van der Waals surface area contributed by atoms with Gasteiger partial charge < -0.3 is 19.9 Å². The Labute approximate surface area is 125 Å². The van der Waals surface area contributed by atoms with Crippen molar-refractivity contribution >= 4 is 11.9 Å². The van der Waals surface area contributed by atoms with E-state index in [1.54, 1.807) is 4.90 Å². The molecular weight excluding hydrogens is 270 g/mol. The minimum absolute atomic E-state index is 0.0406. The van der Waals surface area contributed by atoms with Crippen LogP contribution in [0.2, 0.25) is 0 Å². The SMILES string of the molecule is CC(C)NC(=O)N1C[C@@H]2[C@H](OCC3CC3)C(=O)N(C)[C@@H]2C1. The third-order valence-corrected chi connectivity index (χ3v) is 4.72. The van der Waals surface area contributed by atoms with Gasteiger partial charge in [0.05, 0.1) is 12.6 Å². The minimum Gasteiger partial charge on any atom is -0.368 e. The number of likely N-dealkylation sites (tertiary alicyclic amines) is 2. The number of fused-ring (bicyclic) bond motifs is 1. The summed E-state index contributed by atoms with van der Waals surface area (Å²) in [6.45, 7) is 5.80. The molecule has 6 nitrogen and oxygen atoms in total. The maximum absolute atomic E-state index is 12.3. The Hall–Kier alpha value is -1.30. The summed E-state index contributed by atoms with van der Waals surface area (Å²) in [6.07, 6.45) is 2.07. The highest BCUT2D eigenvalue weighted by Crippen LogP contribution is 2.36. The molecule has 2 aliphatic heterocycles. The van der Waals surface area contributed by atoms with Crippen molar-refractivity contribution in [1.29, 1.82) is 0 Å². The number of nitrogens with zero attached hydrogens (tertiary/aromatic N) is 2. The van der Waals surface area contributed by atoms with E-state index in [1.165, 1.54) is 12.8 Å². The molecule has 0 radical (unpaired) electrons. The average Bonchev–Trinajstić information content (AvgIpc) is 3.09. The lowest BCUT2D eigenvalue weighted by molar-refractivity contribution is -0.138. The number of rotatable bonds is 4.